The van der Waals surface area contributed by atoms with Gasteiger partial charge in [-0.1, -0.05) is 11.6 Å². The molecule has 1 aliphatic heterocycles. The van der Waals surface area contributed by atoms with Crippen molar-refractivity contribution in [3.8, 4) is 0 Å². The van der Waals surface area contributed by atoms with E-state index in [1.54, 1.807) is 18.2 Å². The number of likely N-dealkylation sites (tertiary alicyclic amines) is 1. The number of amides is 3. The Balaban J connectivity index is 1.17. The molecule has 0 aromatic heterocycles. The normalized spacial score (nSPS) is 30.2. The van der Waals surface area contributed by atoms with E-state index in [0.717, 1.165) is 51.6 Å². The molecule has 0 spiro atoms. The van der Waals surface area contributed by atoms with Crippen LogP contribution < -0.4 is 10.6 Å². The molecule has 5 aliphatic rings. The zero-order valence-corrected chi connectivity index (χ0v) is 20.0. The molecular weight excluding hydrogens is 438 g/mol. The minimum Gasteiger partial charge on any atom is -0.355 e. The van der Waals surface area contributed by atoms with Crippen LogP contribution in [0.15, 0.2) is 18.2 Å². The number of hydrogen-bond acceptors (Lipinski definition) is 3. The molecule has 0 atom stereocenters. The van der Waals surface area contributed by atoms with Crippen molar-refractivity contribution in [2.45, 2.75) is 64.2 Å². The van der Waals surface area contributed by atoms with E-state index < -0.39 is 0 Å². The SMILES string of the molecule is O=C(CCNC(=O)C12CC3CC(CC(C3)C1)C2)Nc1cc(Cl)ccc1C(=O)N1CCCCC1. The molecule has 6 nitrogen and oxygen atoms in total. The fourth-order valence-corrected chi connectivity index (χ4v) is 7.32. The van der Waals surface area contributed by atoms with E-state index in [2.05, 4.69) is 10.6 Å². The molecule has 4 saturated carbocycles. The fraction of sp³-hybridized carbons (Fsp3) is 0.654. The van der Waals surface area contributed by atoms with Crippen LogP contribution in [0.5, 0.6) is 0 Å². The minimum absolute atomic E-state index is 0.0724. The van der Waals surface area contributed by atoms with Crippen LogP contribution in [0.1, 0.15) is 74.6 Å². The maximum atomic E-state index is 13.1. The van der Waals surface area contributed by atoms with Crippen LogP contribution in [-0.2, 0) is 9.59 Å². The van der Waals surface area contributed by atoms with Crippen LogP contribution in [0.2, 0.25) is 5.02 Å². The summed E-state index contributed by atoms with van der Waals surface area (Å²) in [6.45, 7) is 1.79. The van der Waals surface area contributed by atoms with Gasteiger partial charge in [0, 0.05) is 36.5 Å². The van der Waals surface area contributed by atoms with Gasteiger partial charge < -0.3 is 15.5 Å². The van der Waals surface area contributed by atoms with E-state index in [9.17, 15) is 14.4 Å². The fourth-order valence-electron chi connectivity index (χ4n) is 7.15. The summed E-state index contributed by atoms with van der Waals surface area (Å²) >= 11 is 6.15. The van der Waals surface area contributed by atoms with Crippen molar-refractivity contribution in [2.24, 2.45) is 23.2 Å². The molecule has 1 aromatic carbocycles. The number of hydrogen-bond donors (Lipinski definition) is 2. The first-order valence-electron chi connectivity index (χ1n) is 12.6. The number of nitrogens with zero attached hydrogens (tertiary/aromatic N) is 1. The Morgan fingerprint density at radius 1 is 0.970 bits per heavy atom. The highest BCUT2D eigenvalue weighted by Gasteiger charge is 2.54. The average Bonchev–Trinajstić information content (AvgIpc) is 2.78. The molecule has 178 valence electrons. The molecule has 33 heavy (non-hydrogen) atoms. The average molecular weight is 472 g/mol. The van der Waals surface area contributed by atoms with Crippen LogP contribution in [-0.4, -0.2) is 42.3 Å². The number of anilines is 1. The predicted octanol–water partition coefficient (Wildman–Crippen LogP) is 4.63. The van der Waals surface area contributed by atoms with Gasteiger partial charge in [0.1, 0.15) is 0 Å². The van der Waals surface area contributed by atoms with E-state index in [1.165, 1.54) is 19.3 Å². The molecular formula is C26H34ClN3O3. The van der Waals surface area contributed by atoms with Crippen LogP contribution in [0, 0.1) is 23.2 Å². The summed E-state index contributed by atoms with van der Waals surface area (Å²) in [5, 5.41) is 6.38. The molecule has 5 fully saturated rings. The largest absolute Gasteiger partial charge is 0.355 e. The Kier molecular flexibility index (Phi) is 6.39. The third-order valence-corrected chi connectivity index (χ3v) is 8.52. The number of nitrogens with one attached hydrogen (secondary N) is 2. The molecule has 4 bridgehead atoms. The summed E-state index contributed by atoms with van der Waals surface area (Å²) in [6, 6.07) is 4.99. The maximum absolute atomic E-state index is 13.1. The van der Waals surface area contributed by atoms with Crippen LogP contribution in [0.25, 0.3) is 0 Å². The molecule has 3 amide bonds. The number of carbonyl (C=O) groups is 3. The second-order valence-corrected chi connectivity index (χ2v) is 11.2. The van der Waals surface area contributed by atoms with Gasteiger partial charge >= 0.3 is 0 Å². The monoisotopic (exact) mass is 471 g/mol. The number of rotatable bonds is 6. The smallest absolute Gasteiger partial charge is 0.255 e. The Hall–Kier alpha value is -2.08. The second kappa shape index (κ2) is 9.28. The highest BCUT2D eigenvalue weighted by molar-refractivity contribution is 6.31. The van der Waals surface area contributed by atoms with Gasteiger partial charge in [-0.3, -0.25) is 14.4 Å². The Morgan fingerprint density at radius 3 is 2.24 bits per heavy atom. The summed E-state index contributed by atoms with van der Waals surface area (Å²) < 4.78 is 0. The second-order valence-electron chi connectivity index (χ2n) is 10.8. The minimum atomic E-state index is -0.226. The van der Waals surface area contributed by atoms with Crippen LogP contribution in [0.3, 0.4) is 0 Å². The van der Waals surface area contributed by atoms with Gasteiger partial charge in [0.2, 0.25) is 11.8 Å². The van der Waals surface area contributed by atoms with Crippen molar-refractivity contribution >= 4 is 35.0 Å². The lowest BCUT2D eigenvalue weighted by Crippen LogP contribution is -2.53. The Bertz CT molecular complexity index is 905. The van der Waals surface area contributed by atoms with Crippen molar-refractivity contribution in [3.05, 3.63) is 28.8 Å². The van der Waals surface area contributed by atoms with Crippen molar-refractivity contribution in [1.29, 1.82) is 0 Å². The molecule has 1 aromatic rings. The topological polar surface area (TPSA) is 78.5 Å². The van der Waals surface area contributed by atoms with Gasteiger partial charge in [-0.05, 0) is 93.7 Å². The third kappa shape index (κ3) is 4.77. The highest BCUT2D eigenvalue weighted by atomic mass is 35.5. The molecule has 1 heterocycles. The maximum Gasteiger partial charge on any atom is 0.255 e. The van der Waals surface area contributed by atoms with E-state index in [1.807, 2.05) is 4.90 Å². The zero-order chi connectivity index (χ0) is 23.0. The van der Waals surface area contributed by atoms with Crippen molar-refractivity contribution in [3.63, 3.8) is 0 Å². The molecule has 4 aliphatic carbocycles. The first-order chi connectivity index (χ1) is 15.9. The van der Waals surface area contributed by atoms with Crippen LogP contribution in [0.4, 0.5) is 5.69 Å². The van der Waals surface area contributed by atoms with Crippen molar-refractivity contribution in [2.75, 3.05) is 25.0 Å². The first kappa shape index (κ1) is 22.7. The zero-order valence-electron chi connectivity index (χ0n) is 19.2. The lowest BCUT2D eigenvalue weighted by molar-refractivity contribution is -0.146. The molecule has 7 heteroatoms. The molecule has 0 radical (unpaired) electrons. The van der Waals surface area contributed by atoms with Gasteiger partial charge in [0.25, 0.3) is 5.91 Å². The number of benzene rings is 1. The standard InChI is InChI=1S/C26H34ClN3O3/c27-20-4-5-21(24(32)30-8-2-1-3-9-30)22(13-20)29-23(31)6-7-28-25(33)26-14-17-10-18(15-26)12-19(11-17)16-26/h4-5,13,17-19H,1-3,6-12,14-16H2,(H,28,33)(H,29,31). The molecule has 6 rings (SSSR count). The highest BCUT2D eigenvalue weighted by Crippen LogP contribution is 2.60. The number of piperidine rings is 1. The lowest BCUT2D eigenvalue weighted by Gasteiger charge is -2.55. The predicted molar refractivity (Wildman–Crippen MR) is 128 cm³/mol. The summed E-state index contributed by atoms with van der Waals surface area (Å²) in [5.41, 5.74) is 0.703. The van der Waals surface area contributed by atoms with E-state index >= 15 is 0 Å². The first-order valence-corrected chi connectivity index (χ1v) is 13.0. The van der Waals surface area contributed by atoms with Gasteiger partial charge in [-0.2, -0.15) is 0 Å². The van der Waals surface area contributed by atoms with Gasteiger partial charge in [0.05, 0.1) is 11.3 Å². The summed E-state index contributed by atoms with van der Waals surface area (Å²) in [7, 11) is 0. The van der Waals surface area contributed by atoms with E-state index in [0.29, 0.717) is 40.6 Å². The summed E-state index contributed by atoms with van der Waals surface area (Å²) in [4.78, 5) is 40.6. The van der Waals surface area contributed by atoms with Crippen LogP contribution >= 0.6 is 11.6 Å². The van der Waals surface area contributed by atoms with E-state index in [-0.39, 0.29) is 29.6 Å². The van der Waals surface area contributed by atoms with Gasteiger partial charge in [0.15, 0.2) is 0 Å². The lowest BCUT2D eigenvalue weighted by atomic mass is 9.49. The van der Waals surface area contributed by atoms with Crippen molar-refractivity contribution in [1.82, 2.24) is 10.2 Å². The molecule has 1 saturated heterocycles. The third-order valence-electron chi connectivity index (χ3n) is 8.29. The van der Waals surface area contributed by atoms with Gasteiger partial charge in [-0.25, -0.2) is 0 Å². The van der Waals surface area contributed by atoms with E-state index in [4.69, 9.17) is 11.6 Å². The summed E-state index contributed by atoms with van der Waals surface area (Å²) in [5.74, 6) is 1.97. The van der Waals surface area contributed by atoms with Crippen molar-refractivity contribution < 1.29 is 14.4 Å². The number of carbonyl (C=O) groups excluding carboxylic acids is 3. The number of halogens is 1. The van der Waals surface area contributed by atoms with Gasteiger partial charge in [-0.15, -0.1) is 0 Å². The Labute approximate surface area is 200 Å². The molecule has 2 N–H and O–H groups in total. The quantitative estimate of drug-likeness (QED) is 0.635. The summed E-state index contributed by atoms with van der Waals surface area (Å²) in [6.07, 6.45) is 10.3. The Morgan fingerprint density at radius 2 is 1.61 bits per heavy atom. The molecule has 0 unspecified atom stereocenters.